The lowest BCUT2D eigenvalue weighted by Crippen LogP contribution is -2.35. The SMILES string of the molecule is CC/C(=C\c1ccccc1O)CC[C@H]1OC[C@H]2C1=C(C(C)C)C[C@H]1C(=O)N(Cc3cccs3)C(=O)[C@H]12. The third-order valence-corrected chi connectivity index (χ3v) is 8.97. The molecule has 0 spiro atoms. The van der Waals surface area contributed by atoms with Gasteiger partial charge in [-0.15, -0.1) is 11.3 Å². The van der Waals surface area contributed by atoms with E-state index in [9.17, 15) is 14.7 Å². The number of phenolic OH excluding ortho intramolecular Hbond substituents is 1. The molecule has 5 nitrogen and oxygen atoms in total. The molecule has 2 aromatic rings. The topological polar surface area (TPSA) is 66.8 Å². The van der Waals surface area contributed by atoms with Gasteiger partial charge in [0.15, 0.2) is 0 Å². The molecule has 1 aromatic carbocycles. The number of carbonyl (C=O) groups excluding carboxylic acids is 2. The molecule has 5 rings (SSSR count). The molecule has 3 aliphatic rings. The van der Waals surface area contributed by atoms with Crippen molar-refractivity contribution in [1.82, 2.24) is 4.90 Å². The summed E-state index contributed by atoms with van der Waals surface area (Å²) < 4.78 is 6.37. The number of rotatable bonds is 8. The Morgan fingerprint density at radius 2 is 1.97 bits per heavy atom. The number of hydrogen-bond donors (Lipinski definition) is 1. The van der Waals surface area contributed by atoms with Crippen molar-refractivity contribution in [2.24, 2.45) is 23.7 Å². The lowest BCUT2D eigenvalue weighted by Gasteiger charge is -2.33. The molecule has 36 heavy (non-hydrogen) atoms. The molecule has 4 atom stereocenters. The van der Waals surface area contributed by atoms with Gasteiger partial charge in [-0.3, -0.25) is 14.5 Å². The van der Waals surface area contributed by atoms with Crippen molar-refractivity contribution < 1.29 is 19.4 Å². The van der Waals surface area contributed by atoms with Crippen LogP contribution in [-0.2, 0) is 20.9 Å². The van der Waals surface area contributed by atoms with Gasteiger partial charge in [-0.1, -0.05) is 62.3 Å². The third-order valence-electron chi connectivity index (χ3n) is 8.10. The monoisotopic (exact) mass is 505 g/mol. The van der Waals surface area contributed by atoms with Crippen LogP contribution in [-0.4, -0.2) is 34.5 Å². The maximum atomic E-state index is 13.5. The average molecular weight is 506 g/mol. The van der Waals surface area contributed by atoms with E-state index in [2.05, 4.69) is 26.8 Å². The molecule has 190 valence electrons. The van der Waals surface area contributed by atoms with Crippen molar-refractivity contribution in [2.75, 3.05) is 6.61 Å². The number of benzene rings is 1. The second-order valence-electron chi connectivity index (χ2n) is 10.5. The largest absolute Gasteiger partial charge is 0.507 e. The highest BCUT2D eigenvalue weighted by molar-refractivity contribution is 7.09. The summed E-state index contributed by atoms with van der Waals surface area (Å²) in [7, 11) is 0. The van der Waals surface area contributed by atoms with Gasteiger partial charge in [0, 0.05) is 16.4 Å². The van der Waals surface area contributed by atoms with Crippen LogP contribution in [0.3, 0.4) is 0 Å². The van der Waals surface area contributed by atoms with Crippen LogP contribution in [0.5, 0.6) is 5.75 Å². The summed E-state index contributed by atoms with van der Waals surface area (Å²) in [5.41, 5.74) is 4.69. The predicted octanol–water partition coefficient (Wildman–Crippen LogP) is 6.20. The molecule has 1 N–H and O–H groups in total. The van der Waals surface area contributed by atoms with Gasteiger partial charge in [0.05, 0.1) is 31.1 Å². The molecule has 2 fully saturated rings. The van der Waals surface area contributed by atoms with Crippen LogP contribution in [0.4, 0.5) is 0 Å². The first-order valence-corrected chi connectivity index (χ1v) is 14.0. The van der Waals surface area contributed by atoms with E-state index in [1.165, 1.54) is 21.6 Å². The number of imide groups is 1. The first-order chi connectivity index (χ1) is 17.4. The summed E-state index contributed by atoms with van der Waals surface area (Å²) in [5, 5.41) is 12.2. The van der Waals surface area contributed by atoms with Gasteiger partial charge in [0.1, 0.15) is 5.75 Å². The molecule has 3 heterocycles. The molecule has 1 aromatic heterocycles. The minimum Gasteiger partial charge on any atom is -0.507 e. The van der Waals surface area contributed by atoms with Crippen LogP contribution in [0.15, 0.2) is 58.5 Å². The Morgan fingerprint density at radius 3 is 2.67 bits per heavy atom. The fourth-order valence-corrected chi connectivity index (χ4v) is 6.93. The Kier molecular flexibility index (Phi) is 7.18. The van der Waals surface area contributed by atoms with Gasteiger partial charge in [0.2, 0.25) is 11.8 Å². The number of para-hydroxylation sites is 1. The Labute approximate surface area is 217 Å². The van der Waals surface area contributed by atoms with E-state index in [1.807, 2.05) is 35.7 Å². The molecule has 0 radical (unpaired) electrons. The van der Waals surface area contributed by atoms with E-state index in [-0.39, 0.29) is 35.7 Å². The normalized spacial score (nSPS) is 26.2. The summed E-state index contributed by atoms with van der Waals surface area (Å²) in [6, 6.07) is 11.4. The van der Waals surface area contributed by atoms with Gasteiger partial charge in [-0.25, -0.2) is 0 Å². The first kappa shape index (κ1) is 25.0. The third kappa shape index (κ3) is 4.57. The number of aromatic hydroxyl groups is 1. The maximum Gasteiger partial charge on any atom is 0.234 e. The van der Waals surface area contributed by atoms with Gasteiger partial charge >= 0.3 is 0 Å². The zero-order valence-electron chi connectivity index (χ0n) is 21.3. The van der Waals surface area contributed by atoms with Crippen molar-refractivity contribution >= 4 is 29.2 Å². The lowest BCUT2D eigenvalue weighted by atomic mass is 9.67. The number of allylic oxidation sites excluding steroid dienone is 2. The molecule has 6 heteroatoms. The fourth-order valence-electron chi connectivity index (χ4n) is 6.24. The summed E-state index contributed by atoms with van der Waals surface area (Å²) in [6.45, 7) is 7.40. The number of thiophene rings is 1. The number of hydrogen-bond acceptors (Lipinski definition) is 5. The molecule has 1 aliphatic carbocycles. The molecule has 0 bridgehead atoms. The number of phenols is 1. The van der Waals surface area contributed by atoms with Crippen molar-refractivity contribution in [3.05, 3.63) is 68.9 Å². The zero-order valence-corrected chi connectivity index (χ0v) is 22.1. The van der Waals surface area contributed by atoms with Crippen molar-refractivity contribution in [3.8, 4) is 5.75 Å². The van der Waals surface area contributed by atoms with E-state index in [0.29, 0.717) is 31.2 Å². The molecular weight excluding hydrogens is 470 g/mol. The van der Waals surface area contributed by atoms with Gasteiger partial charge < -0.3 is 9.84 Å². The van der Waals surface area contributed by atoms with E-state index >= 15 is 0 Å². The molecular formula is C30H35NO4S. The lowest BCUT2D eigenvalue weighted by molar-refractivity contribution is -0.140. The number of ether oxygens (including phenoxy) is 1. The van der Waals surface area contributed by atoms with Crippen LogP contribution >= 0.6 is 11.3 Å². The predicted molar refractivity (Wildman–Crippen MR) is 142 cm³/mol. The Hall–Kier alpha value is -2.70. The summed E-state index contributed by atoms with van der Waals surface area (Å²) >= 11 is 1.58. The van der Waals surface area contributed by atoms with E-state index in [4.69, 9.17) is 4.74 Å². The van der Waals surface area contributed by atoms with Gasteiger partial charge in [-0.05, 0) is 54.7 Å². The van der Waals surface area contributed by atoms with Crippen LogP contribution in [0.2, 0.25) is 0 Å². The van der Waals surface area contributed by atoms with Crippen LogP contribution in [0.1, 0.15) is 56.9 Å². The second kappa shape index (κ2) is 10.3. The molecule has 2 aliphatic heterocycles. The standard InChI is InChI=1S/C30H35NO4S/c1-4-19(14-20-8-5-6-10-25(20)32)11-12-26-27-22(18(2)3)15-23-28(24(27)17-35-26)30(34)31(29(23)33)16-21-9-7-13-36-21/h5-10,13-14,18,23-24,26,28,32H,4,11-12,15-17H2,1-3H3/b19-14+/t23-,24+,26-,28-/m1/s1. The highest BCUT2D eigenvalue weighted by Gasteiger charge is 2.57. The van der Waals surface area contributed by atoms with Crippen molar-refractivity contribution in [1.29, 1.82) is 0 Å². The average Bonchev–Trinajstić information content (AvgIpc) is 3.59. The van der Waals surface area contributed by atoms with Crippen molar-refractivity contribution in [3.63, 3.8) is 0 Å². The van der Waals surface area contributed by atoms with Crippen molar-refractivity contribution in [2.45, 2.75) is 59.1 Å². The quantitative estimate of drug-likeness (QED) is 0.343. The summed E-state index contributed by atoms with van der Waals surface area (Å²) in [4.78, 5) is 29.5. The van der Waals surface area contributed by atoms with Gasteiger partial charge in [-0.2, -0.15) is 0 Å². The maximum absolute atomic E-state index is 13.5. The Balaban J connectivity index is 1.37. The first-order valence-electron chi connectivity index (χ1n) is 13.1. The fraction of sp³-hybridized carbons (Fsp3) is 0.467. The molecule has 2 amide bonds. The number of amides is 2. The van der Waals surface area contributed by atoms with E-state index < -0.39 is 0 Å². The zero-order chi connectivity index (χ0) is 25.4. The van der Waals surface area contributed by atoms with Gasteiger partial charge in [0.25, 0.3) is 0 Å². The number of nitrogens with zero attached hydrogens (tertiary/aromatic N) is 1. The Bertz CT molecular complexity index is 1200. The van der Waals surface area contributed by atoms with E-state index in [1.54, 1.807) is 17.4 Å². The number of fused-ring (bicyclic) bond motifs is 3. The minimum absolute atomic E-state index is 0.0110. The molecule has 0 saturated carbocycles. The van der Waals surface area contributed by atoms with E-state index in [0.717, 1.165) is 29.7 Å². The summed E-state index contributed by atoms with van der Waals surface area (Å²) in [6.07, 6.45) is 5.32. The van der Waals surface area contributed by atoms with Crippen LogP contribution in [0.25, 0.3) is 6.08 Å². The summed E-state index contributed by atoms with van der Waals surface area (Å²) in [5.74, 6) is -0.0205. The smallest absolute Gasteiger partial charge is 0.234 e. The minimum atomic E-state index is -0.303. The molecule has 0 unspecified atom stereocenters. The number of likely N-dealkylation sites (tertiary alicyclic amines) is 1. The second-order valence-corrected chi connectivity index (χ2v) is 11.5. The van der Waals surface area contributed by atoms with Crippen LogP contribution < -0.4 is 0 Å². The highest BCUT2D eigenvalue weighted by Crippen LogP contribution is 2.51. The highest BCUT2D eigenvalue weighted by atomic mass is 32.1. The number of carbonyl (C=O) groups is 2. The molecule has 2 saturated heterocycles. The Morgan fingerprint density at radius 1 is 1.17 bits per heavy atom. The van der Waals surface area contributed by atoms with Crippen LogP contribution in [0, 0.1) is 23.7 Å².